The Morgan fingerprint density at radius 3 is 2.38 bits per heavy atom. The maximum absolute atomic E-state index is 11.5. The third-order valence-corrected chi connectivity index (χ3v) is 7.76. The van der Waals surface area contributed by atoms with E-state index in [-0.39, 0.29) is 23.1 Å². The minimum atomic E-state index is -1.11. The summed E-state index contributed by atoms with van der Waals surface area (Å²) in [5.74, 6) is -1.94. The second-order valence-corrected chi connectivity index (χ2v) is 11.0. The number of nitrogens with zero attached hydrogens (tertiary/aromatic N) is 1. The van der Waals surface area contributed by atoms with Crippen LogP contribution in [0, 0.1) is 0 Å². The molecule has 0 unspecified atom stereocenters. The van der Waals surface area contributed by atoms with Crippen molar-refractivity contribution in [3.05, 3.63) is 54.1 Å². The number of aliphatic carboxylic acids is 1. The standard InChI is InChI=1S/C31H43NO6S/c1-3-4-5-6-7-8-9-10-11-12-13-14-17-28(27(33)16-15-18-29(34)35)39-24-20-19-23-21-25(31(36)37)30(38-2)32-26(23)22-24/h12-14,17,19-22,27-28,33H,3-11,15-16,18H2,1-2H3,(H,34,35)(H,36,37)/b13-12-,17-14+/t27-,28+/m0/s1. The maximum Gasteiger partial charge on any atom is 0.341 e. The third-order valence-electron chi connectivity index (χ3n) is 6.49. The quantitative estimate of drug-likeness (QED) is 0.0863. The van der Waals surface area contributed by atoms with Crippen molar-refractivity contribution in [2.24, 2.45) is 0 Å². The Kier molecular flexibility index (Phi) is 15.3. The third kappa shape index (κ3) is 12.3. The molecule has 0 fully saturated rings. The Balaban J connectivity index is 2.02. The highest BCUT2D eigenvalue weighted by Gasteiger charge is 2.19. The van der Waals surface area contributed by atoms with Crippen LogP contribution in [0.4, 0.5) is 0 Å². The average molecular weight is 558 g/mol. The van der Waals surface area contributed by atoms with Gasteiger partial charge < -0.3 is 20.1 Å². The first kappa shape index (κ1) is 32.4. The van der Waals surface area contributed by atoms with Crippen molar-refractivity contribution in [1.82, 2.24) is 4.98 Å². The normalized spacial score (nSPS) is 13.3. The zero-order valence-corrected chi connectivity index (χ0v) is 24.0. The number of methoxy groups -OCH3 is 1. The summed E-state index contributed by atoms with van der Waals surface area (Å²) < 4.78 is 5.16. The second-order valence-electron chi connectivity index (χ2n) is 9.72. The number of hydrogen-bond acceptors (Lipinski definition) is 6. The number of carboxylic acid groups (broad SMARTS) is 2. The number of fused-ring (bicyclic) bond motifs is 1. The van der Waals surface area contributed by atoms with E-state index in [9.17, 15) is 19.8 Å². The Morgan fingerprint density at radius 1 is 1.00 bits per heavy atom. The minimum Gasteiger partial charge on any atom is -0.481 e. The predicted molar refractivity (Wildman–Crippen MR) is 158 cm³/mol. The minimum absolute atomic E-state index is 0.00109. The smallest absolute Gasteiger partial charge is 0.341 e. The molecule has 0 bridgehead atoms. The Hall–Kier alpha value is -2.84. The maximum atomic E-state index is 11.5. The van der Waals surface area contributed by atoms with Crippen molar-refractivity contribution in [1.29, 1.82) is 0 Å². The van der Waals surface area contributed by atoms with Gasteiger partial charge in [0.2, 0.25) is 5.88 Å². The lowest BCUT2D eigenvalue weighted by Crippen LogP contribution is -2.21. The van der Waals surface area contributed by atoms with Gasteiger partial charge in [-0.2, -0.15) is 0 Å². The first-order valence-corrected chi connectivity index (χ1v) is 14.9. The van der Waals surface area contributed by atoms with Gasteiger partial charge in [0, 0.05) is 16.7 Å². The van der Waals surface area contributed by atoms with Crippen LogP contribution in [0.2, 0.25) is 0 Å². The molecule has 0 aliphatic heterocycles. The molecule has 1 heterocycles. The first-order chi connectivity index (χ1) is 18.8. The summed E-state index contributed by atoms with van der Waals surface area (Å²) >= 11 is 1.46. The molecule has 0 radical (unpaired) electrons. The summed E-state index contributed by atoms with van der Waals surface area (Å²) in [5, 5.41) is 29.6. The highest BCUT2D eigenvalue weighted by molar-refractivity contribution is 8.00. The van der Waals surface area contributed by atoms with E-state index in [1.54, 1.807) is 6.07 Å². The van der Waals surface area contributed by atoms with Gasteiger partial charge in [-0.05, 0) is 43.9 Å². The van der Waals surface area contributed by atoms with Crippen LogP contribution in [0.3, 0.4) is 0 Å². The Morgan fingerprint density at radius 2 is 1.72 bits per heavy atom. The number of aromatic nitrogens is 1. The van der Waals surface area contributed by atoms with Crippen LogP contribution in [0.25, 0.3) is 10.9 Å². The SMILES string of the molecule is CCCCCCCCCC/C=C\C=C\[C@@H](Sc1ccc2cc(C(=O)O)c(OC)nc2c1)[C@@H](O)CCCC(=O)O. The number of aromatic carboxylic acids is 1. The zero-order valence-electron chi connectivity index (χ0n) is 23.2. The van der Waals surface area contributed by atoms with E-state index in [4.69, 9.17) is 9.84 Å². The number of hydrogen-bond donors (Lipinski definition) is 3. The van der Waals surface area contributed by atoms with Gasteiger partial charge in [0.25, 0.3) is 0 Å². The summed E-state index contributed by atoms with van der Waals surface area (Å²) in [6.45, 7) is 2.24. The van der Waals surface area contributed by atoms with Crippen molar-refractivity contribution < 1.29 is 29.6 Å². The fourth-order valence-electron chi connectivity index (χ4n) is 4.29. The Bertz CT molecular complexity index is 1100. The molecule has 2 aromatic rings. The number of benzene rings is 1. The van der Waals surface area contributed by atoms with Gasteiger partial charge in [-0.25, -0.2) is 9.78 Å². The van der Waals surface area contributed by atoms with Gasteiger partial charge in [0.15, 0.2) is 0 Å². The van der Waals surface area contributed by atoms with Gasteiger partial charge >= 0.3 is 11.9 Å². The lowest BCUT2D eigenvalue weighted by atomic mass is 10.1. The van der Waals surface area contributed by atoms with Crippen LogP contribution < -0.4 is 4.74 Å². The largest absolute Gasteiger partial charge is 0.481 e. The molecule has 0 saturated heterocycles. The van der Waals surface area contributed by atoms with Gasteiger partial charge in [-0.3, -0.25) is 4.79 Å². The molecule has 7 nitrogen and oxygen atoms in total. The molecule has 1 aromatic heterocycles. The van der Waals surface area contributed by atoms with Crippen LogP contribution >= 0.6 is 11.8 Å². The molecule has 0 spiro atoms. The topological polar surface area (TPSA) is 117 Å². The van der Waals surface area contributed by atoms with Gasteiger partial charge in [0.05, 0.1) is 24.0 Å². The highest BCUT2D eigenvalue weighted by atomic mass is 32.2. The molecule has 2 rings (SSSR count). The Labute approximate surface area is 236 Å². The summed E-state index contributed by atoms with van der Waals surface area (Å²) in [6.07, 6.45) is 19.5. The van der Waals surface area contributed by atoms with E-state index in [1.807, 2.05) is 30.4 Å². The number of ether oxygens (including phenoxy) is 1. The van der Waals surface area contributed by atoms with E-state index < -0.39 is 18.0 Å². The highest BCUT2D eigenvalue weighted by Crippen LogP contribution is 2.32. The summed E-state index contributed by atoms with van der Waals surface area (Å²) in [6, 6.07) is 7.05. The van der Waals surface area contributed by atoms with Crippen molar-refractivity contribution in [3.63, 3.8) is 0 Å². The van der Waals surface area contributed by atoms with Crippen LogP contribution in [0.5, 0.6) is 5.88 Å². The molecule has 0 amide bonds. The second kappa shape index (κ2) is 18.4. The van der Waals surface area contributed by atoms with Crippen LogP contribution in [0.15, 0.2) is 53.5 Å². The molecule has 8 heteroatoms. The van der Waals surface area contributed by atoms with E-state index in [0.29, 0.717) is 23.7 Å². The van der Waals surface area contributed by atoms with Crippen molar-refractivity contribution >= 4 is 34.6 Å². The predicted octanol–water partition coefficient (Wildman–Crippen LogP) is 7.66. The molecule has 0 aliphatic carbocycles. The molecular formula is C31H43NO6S. The molecule has 214 valence electrons. The monoisotopic (exact) mass is 557 g/mol. The number of rotatable bonds is 20. The lowest BCUT2D eigenvalue weighted by Gasteiger charge is -2.19. The van der Waals surface area contributed by atoms with Crippen LogP contribution in [0.1, 0.15) is 94.3 Å². The van der Waals surface area contributed by atoms with E-state index in [2.05, 4.69) is 18.0 Å². The van der Waals surface area contributed by atoms with Crippen molar-refractivity contribution in [2.45, 2.75) is 100 Å². The molecule has 0 aliphatic rings. The van der Waals surface area contributed by atoms with Gasteiger partial charge in [0.1, 0.15) is 5.56 Å². The summed E-state index contributed by atoms with van der Waals surface area (Å²) in [4.78, 5) is 27.6. The number of pyridine rings is 1. The number of carbonyl (C=O) groups is 2. The average Bonchev–Trinajstić information content (AvgIpc) is 2.91. The molecular weight excluding hydrogens is 514 g/mol. The summed E-state index contributed by atoms with van der Waals surface area (Å²) in [7, 11) is 1.38. The number of thioether (sulfide) groups is 1. The first-order valence-electron chi connectivity index (χ1n) is 14.0. The number of aliphatic hydroxyl groups excluding tert-OH is 1. The number of aliphatic hydroxyl groups is 1. The fraction of sp³-hybridized carbons (Fsp3) is 0.516. The zero-order chi connectivity index (χ0) is 28.5. The van der Waals surface area contributed by atoms with Crippen molar-refractivity contribution in [2.75, 3.05) is 7.11 Å². The fourth-order valence-corrected chi connectivity index (χ4v) is 5.39. The molecule has 0 saturated carbocycles. The number of unbranched alkanes of at least 4 members (excludes halogenated alkanes) is 8. The summed E-state index contributed by atoms with van der Waals surface area (Å²) in [5.41, 5.74) is 0.592. The van der Waals surface area contributed by atoms with E-state index in [1.165, 1.54) is 76.3 Å². The van der Waals surface area contributed by atoms with Crippen molar-refractivity contribution in [3.8, 4) is 5.88 Å². The van der Waals surface area contributed by atoms with Gasteiger partial charge in [-0.15, -0.1) is 11.8 Å². The molecule has 2 atom stereocenters. The van der Waals surface area contributed by atoms with Crippen LogP contribution in [-0.2, 0) is 4.79 Å². The van der Waals surface area contributed by atoms with Gasteiger partial charge in [-0.1, -0.05) is 82.2 Å². The molecule has 39 heavy (non-hydrogen) atoms. The lowest BCUT2D eigenvalue weighted by molar-refractivity contribution is -0.137. The van der Waals surface area contributed by atoms with Crippen LogP contribution in [-0.4, -0.2) is 50.7 Å². The van der Waals surface area contributed by atoms with E-state index in [0.717, 1.165) is 11.3 Å². The van der Waals surface area contributed by atoms with E-state index >= 15 is 0 Å². The molecule has 1 aromatic carbocycles. The number of allylic oxidation sites excluding steroid dienone is 3. The number of carboxylic acids is 2. The molecule has 3 N–H and O–H groups in total.